The molecule has 0 saturated carbocycles. The van der Waals surface area contributed by atoms with Crippen LogP contribution in [-0.2, 0) is 5.54 Å². The zero-order chi connectivity index (χ0) is 14.0. The Hall–Kier alpha value is -1.40. The third-order valence-corrected chi connectivity index (χ3v) is 3.62. The molecular formula is C13H16BrN3O2. The van der Waals surface area contributed by atoms with E-state index in [0.717, 1.165) is 15.8 Å². The van der Waals surface area contributed by atoms with Crippen molar-refractivity contribution in [3.8, 4) is 17.1 Å². The highest BCUT2D eigenvalue weighted by atomic mass is 79.9. The van der Waals surface area contributed by atoms with E-state index in [1.807, 2.05) is 39.1 Å². The number of hydrogen-bond donors (Lipinski definition) is 1. The predicted molar refractivity (Wildman–Crippen MR) is 76.1 cm³/mol. The Morgan fingerprint density at radius 3 is 2.68 bits per heavy atom. The summed E-state index contributed by atoms with van der Waals surface area (Å²) in [4.78, 5) is 4.42. The van der Waals surface area contributed by atoms with E-state index in [4.69, 9.17) is 9.26 Å². The second-order valence-corrected chi connectivity index (χ2v) is 5.50. The summed E-state index contributed by atoms with van der Waals surface area (Å²) in [6.07, 6.45) is 0. The van der Waals surface area contributed by atoms with Gasteiger partial charge in [-0.05, 0) is 55.0 Å². The number of ether oxygens (including phenoxy) is 1. The van der Waals surface area contributed by atoms with Crippen molar-refractivity contribution in [2.45, 2.75) is 19.4 Å². The normalized spacial score (nSPS) is 11.6. The molecule has 0 atom stereocenters. The molecule has 1 heterocycles. The molecule has 6 heteroatoms. The lowest BCUT2D eigenvalue weighted by atomic mass is 10.1. The Labute approximate surface area is 120 Å². The van der Waals surface area contributed by atoms with Crippen molar-refractivity contribution in [2.75, 3.05) is 14.2 Å². The third-order valence-electron chi connectivity index (χ3n) is 3.00. The van der Waals surface area contributed by atoms with Crippen LogP contribution in [0.4, 0.5) is 0 Å². The minimum absolute atomic E-state index is 0.352. The maximum absolute atomic E-state index is 5.30. The molecule has 1 aromatic heterocycles. The van der Waals surface area contributed by atoms with Crippen LogP contribution in [0.1, 0.15) is 19.7 Å². The summed E-state index contributed by atoms with van der Waals surface area (Å²) in [6.45, 7) is 3.96. The molecule has 0 aliphatic heterocycles. The monoisotopic (exact) mass is 325 g/mol. The molecule has 0 spiro atoms. The van der Waals surface area contributed by atoms with Gasteiger partial charge in [0.15, 0.2) is 0 Å². The van der Waals surface area contributed by atoms with Gasteiger partial charge in [-0.1, -0.05) is 5.16 Å². The molecule has 0 aliphatic rings. The van der Waals surface area contributed by atoms with Gasteiger partial charge in [0.2, 0.25) is 11.7 Å². The van der Waals surface area contributed by atoms with Crippen molar-refractivity contribution in [3.63, 3.8) is 0 Å². The number of benzene rings is 1. The SMILES string of the molecule is CNC(C)(C)c1nc(-c2ccc(OC)c(Br)c2)no1. The lowest BCUT2D eigenvalue weighted by molar-refractivity contribution is 0.281. The highest BCUT2D eigenvalue weighted by Crippen LogP contribution is 2.30. The number of nitrogens with zero attached hydrogens (tertiary/aromatic N) is 2. The smallest absolute Gasteiger partial charge is 0.246 e. The second-order valence-electron chi connectivity index (χ2n) is 4.65. The van der Waals surface area contributed by atoms with Crippen LogP contribution in [0.2, 0.25) is 0 Å². The van der Waals surface area contributed by atoms with Crippen LogP contribution in [0.25, 0.3) is 11.4 Å². The minimum atomic E-state index is -0.352. The fourth-order valence-electron chi connectivity index (χ4n) is 1.51. The lowest BCUT2D eigenvalue weighted by Crippen LogP contribution is -2.33. The number of rotatable bonds is 4. The molecule has 102 valence electrons. The number of nitrogens with one attached hydrogen (secondary N) is 1. The Bertz CT molecular complexity index is 581. The first-order chi connectivity index (χ1) is 8.97. The summed E-state index contributed by atoms with van der Waals surface area (Å²) in [5.74, 6) is 1.88. The molecule has 2 aromatic rings. The van der Waals surface area contributed by atoms with Crippen LogP contribution >= 0.6 is 15.9 Å². The van der Waals surface area contributed by atoms with E-state index in [9.17, 15) is 0 Å². The zero-order valence-electron chi connectivity index (χ0n) is 11.3. The Kier molecular flexibility index (Phi) is 3.91. The van der Waals surface area contributed by atoms with E-state index in [1.54, 1.807) is 7.11 Å². The molecule has 0 fully saturated rings. The molecule has 19 heavy (non-hydrogen) atoms. The van der Waals surface area contributed by atoms with Gasteiger partial charge >= 0.3 is 0 Å². The van der Waals surface area contributed by atoms with Crippen molar-refractivity contribution >= 4 is 15.9 Å². The standard InChI is InChI=1S/C13H16BrN3O2/c1-13(2,15-3)12-16-11(17-19-12)8-5-6-10(18-4)9(14)7-8/h5-7,15H,1-4H3. The second kappa shape index (κ2) is 5.30. The molecule has 1 N–H and O–H groups in total. The minimum Gasteiger partial charge on any atom is -0.496 e. The maximum atomic E-state index is 5.30. The molecule has 0 unspecified atom stereocenters. The van der Waals surface area contributed by atoms with Gasteiger partial charge in [0.05, 0.1) is 17.1 Å². The van der Waals surface area contributed by atoms with Crippen LogP contribution in [0.3, 0.4) is 0 Å². The molecule has 0 bridgehead atoms. The van der Waals surface area contributed by atoms with E-state index in [0.29, 0.717) is 11.7 Å². The van der Waals surface area contributed by atoms with Gasteiger partial charge in [0.1, 0.15) is 5.75 Å². The third kappa shape index (κ3) is 2.79. The maximum Gasteiger partial charge on any atom is 0.246 e. The summed E-state index contributed by atoms with van der Waals surface area (Å²) in [6, 6.07) is 5.66. The average molecular weight is 326 g/mol. The Morgan fingerprint density at radius 1 is 1.37 bits per heavy atom. The molecule has 1 aromatic carbocycles. The average Bonchev–Trinajstić information content (AvgIpc) is 2.89. The van der Waals surface area contributed by atoms with Crippen LogP contribution in [0.5, 0.6) is 5.75 Å². The summed E-state index contributed by atoms with van der Waals surface area (Å²) in [7, 11) is 3.48. The van der Waals surface area contributed by atoms with E-state index >= 15 is 0 Å². The highest BCUT2D eigenvalue weighted by Gasteiger charge is 2.25. The molecule has 0 aliphatic carbocycles. The van der Waals surface area contributed by atoms with Gasteiger partial charge in [-0.25, -0.2) is 0 Å². The van der Waals surface area contributed by atoms with Crippen molar-refractivity contribution in [1.82, 2.24) is 15.5 Å². The van der Waals surface area contributed by atoms with Crippen LogP contribution < -0.4 is 10.1 Å². The summed E-state index contributed by atoms with van der Waals surface area (Å²) < 4.78 is 11.3. The number of halogens is 1. The number of aromatic nitrogens is 2. The van der Waals surface area contributed by atoms with Gasteiger partial charge in [-0.3, -0.25) is 0 Å². The van der Waals surface area contributed by atoms with E-state index in [2.05, 4.69) is 31.4 Å². The van der Waals surface area contributed by atoms with E-state index in [-0.39, 0.29) is 5.54 Å². The summed E-state index contributed by atoms with van der Waals surface area (Å²) in [5, 5.41) is 7.14. The van der Waals surface area contributed by atoms with E-state index in [1.165, 1.54) is 0 Å². The summed E-state index contributed by atoms with van der Waals surface area (Å²) >= 11 is 3.44. The first-order valence-corrected chi connectivity index (χ1v) is 6.64. The van der Waals surface area contributed by atoms with Crippen molar-refractivity contribution in [3.05, 3.63) is 28.6 Å². The number of hydrogen-bond acceptors (Lipinski definition) is 5. The molecule has 2 rings (SSSR count). The fraction of sp³-hybridized carbons (Fsp3) is 0.385. The quantitative estimate of drug-likeness (QED) is 0.936. The van der Waals surface area contributed by atoms with Gasteiger partial charge in [0.25, 0.3) is 0 Å². The molecule has 5 nitrogen and oxygen atoms in total. The molecule has 0 radical (unpaired) electrons. The van der Waals surface area contributed by atoms with Gasteiger partial charge in [-0.2, -0.15) is 4.98 Å². The Morgan fingerprint density at radius 2 is 2.11 bits per heavy atom. The topological polar surface area (TPSA) is 60.2 Å². The van der Waals surface area contributed by atoms with Gasteiger partial charge < -0.3 is 14.6 Å². The van der Waals surface area contributed by atoms with Crippen LogP contribution in [-0.4, -0.2) is 24.3 Å². The predicted octanol–water partition coefficient (Wildman–Crippen LogP) is 2.96. The molecule has 0 amide bonds. The van der Waals surface area contributed by atoms with E-state index < -0.39 is 0 Å². The highest BCUT2D eigenvalue weighted by molar-refractivity contribution is 9.10. The van der Waals surface area contributed by atoms with Crippen molar-refractivity contribution < 1.29 is 9.26 Å². The first-order valence-electron chi connectivity index (χ1n) is 5.85. The Balaban J connectivity index is 2.36. The van der Waals surface area contributed by atoms with Gasteiger partial charge in [0, 0.05) is 5.56 Å². The largest absolute Gasteiger partial charge is 0.496 e. The molecule has 0 saturated heterocycles. The lowest BCUT2D eigenvalue weighted by Gasteiger charge is -2.17. The first kappa shape index (κ1) is 14.0. The van der Waals surface area contributed by atoms with Crippen molar-refractivity contribution in [2.24, 2.45) is 0 Å². The van der Waals surface area contributed by atoms with Crippen LogP contribution in [0, 0.1) is 0 Å². The fourth-order valence-corrected chi connectivity index (χ4v) is 2.05. The summed E-state index contributed by atoms with van der Waals surface area (Å²) in [5.41, 5.74) is 0.518. The zero-order valence-corrected chi connectivity index (χ0v) is 12.9. The number of methoxy groups -OCH3 is 1. The molecular weight excluding hydrogens is 310 g/mol. The van der Waals surface area contributed by atoms with Crippen molar-refractivity contribution in [1.29, 1.82) is 0 Å². The van der Waals surface area contributed by atoms with Gasteiger partial charge in [-0.15, -0.1) is 0 Å². The van der Waals surface area contributed by atoms with Crippen LogP contribution in [0.15, 0.2) is 27.2 Å².